The second-order valence-electron chi connectivity index (χ2n) is 12.7. The van der Waals surface area contributed by atoms with E-state index in [1.807, 2.05) is 17.6 Å². The lowest BCUT2D eigenvalue weighted by atomic mass is 9.89. The molecule has 1 saturated heterocycles. The highest BCUT2D eigenvalue weighted by atomic mass is 19.1. The molecule has 4 heterocycles. The van der Waals surface area contributed by atoms with Crippen molar-refractivity contribution < 1.29 is 14.3 Å². The highest BCUT2D eigenvalue weighted by Crippen LogP contribution is 2.32. The number of likely N-dealkylation sites (N-methyl/N-ethyl adjacent to an activating group) is 1. The number of imidazole rings is 1. The average Bonchev–Trinajstić information content (AvgIpc) is 3.45. The number of carbonyl (C=O) groups is 1. The van der Waals surface area contributed by atoms with E-state index in [0.717, 1.165) is 50.2 Å². The lowest BCUT2D eigenvalue weighted by Gasteiger charge is -2.32. The van der Waals surface area contributed by atoms with Gasteiger partial charge in [-0.1, -0.05) is 6.07 Å². The van der Waals surface area contributed by atoms with Gasteiger partial charge in [0.05, 0.1) is 34.9 Å². The molecule has 1 aliphatic heterocycles. The summed E-state index contributed by atoms with van der Waals surface area (Å²) < 4.78 is 19.3. The molecule has 1 fully saturated rings. The third kappa shape index (κ3) is 6.79. The van der Waals surface area contributed by atoms with Crippen molar-refractivity contribution in [3.63, 3.8) is 0 Å². The minimum Gasteiger partial charge on any atom is -0.389 e. The molecule has 0 atom stereocenters. The summed E-state index contributed by atoms with van der Waals surface area (Å²) in [5, 5.41) is 17.8. The Balaban J connectivity index is 1.44. The van der Waals surface area contributed by atoms with Crippen molar-refractivity contribution in [2.24, 2.45) is 7.05 Å². The van der Waals surface area contributed by atoms with Crippen LogP contribution in [0.4, 0.5) is 10.3 Å². The summed E-state index contributed by atoms with van der Waals surface area (Å²) >= 11 is 0. The van der Waals surface area contributed by atoms with E-state index in [0.29, 0.717) is 22.7 Å². The number of likely N-dealkylation sites (tertiary alicyclic amines) is 1. The molecule has 1 aromatic carbocycles. The second kappa shape index (κ2) is 12.1. The number of benzene rings is 1. The fourth-order valence-corrected chi connectivity index (χ4v) is 5.77. The zero-order valence-corrected chi connectivity index (χ0v) is 26.3. The van der Waals surface area contributed by atoms with Crippen molar-refractivity contribution >= 4 is 22.9 Å². The van der Waals surface area contributed by atoms with Crippen LogP contribution in [-0.4, -0.2) is 91.0 Å². The predicted octanol–water partition coefficient (Wildman–Crippen LogP) is 4.35. The van der Waals surface area contributed by atoms with Crippen molar-refractivity contribution in [3.8, 4) is 11.3 Å². The number of aryl methyl sites for hydroxylation is 2. The third-order valence-corrected chi connectivity index (χ3v) is 8.29. The Morgan fingerprint density at radius 1 is 1.16 bits per heavy atom. The number of carbonyl (C=O) groups excluding carboxylic acids is 1. The number of fused-ring (bicyclic) bond motifs is 1. The number of anilines is 1. The largest absolute Gasteiger partial charge is 0.389 e. The van der Waals surface area contributed by atoms with Crippen molar-refractivity contribution in [2.75, 3.05) is 45.6 Å². The van der Waals surface area contributed by atoms with E-state index in [1.165, 1.54) is 11.6 Å². The maximum Gasteiger partial charge on any atom is 0.261 e. The van der Waals surface area contributed by atoms with Crippen molar-refractivity contribution in [1.29, 1.82) is 0 Å². The number of pyridine rings is 1. The molecular weight excluding hydrogens is 547 g/mol. The number of rotatable bonds is 9. The minimum atomic E-state index is -1.08. The topological polar surface area (TPSA) is 104 Å². The van der Waals surface area contributed by atoms with Crippen LogP contribution in [0.2, 0.25) is 0 Å². The number of aromatic nitrogens is 5. The molecule has 2 N–H and O–H groups in total. The third-order valence-electron chi connectivity index (χ3n) is 8.29. The van der Waals surface area contributed by atoms with E-state index >= 15 is 4.39 Å². The first kappa shape index (κ1) is 30.8. The summed E-state index contributed by atoms with van der Waals surface area (Å²) in [6.45, 7) is 11.4. The van der Waals surface area contributed by atoms with Crippen molar-refractivity contribution in [2.45, 2.75) is 58.6 Å². The van der Waals surface area contributed by atoms with Crippen LogP contribution >= 0.6 is 0 Å². The van der Waals surface area contributed by atoms with Gasteiger partial charge in [0, 0.05) is 37.1 Å². The Morgan fingerprint density at radius 2 is 1.88 bits per heavy atom. The minimum absolute atomic E-state index is 0.0816. The highest BCUT2D eigenvalue weighted by Gasteiger charge is 2.26. The number of hydrogen-bond acceptors (Lipinski definition) is 7. The molecule has 3 aromatic heterocycles. The lowest BCUT2D eigenvalue weighted by molar-refractivity contribution is 0.0630. The first-order valence-electron chi connectivity index (χ1n) is 14.9. The normalized spacial score (nSPS) is 15.1. The van der Waals surface area contributed by atoms with Gasteiger partial charge < -0.3 is 19.5 Å². The Bertz CT molecular complexity index is 1630. The van der Waals surface area contributed by atoms with Crippen molar-refractivity contribution in [3.05, 3.63) is 58.8 Å². The first-order valence-corrected chi connectivity index (χ1v) is 14.9. The Kier molecular flexibility index (Phi) is 8.69. The molecule has 1 aliphatic rings. The van der Waals surface area contributed by atoms with Crippen LogP contribution in [-0.2, 0) is 13.6 Å². The number of nitrogens with zero attached hydrogens (tertiary/aromatic N) is 7. The first-order chi connectivity index (χ1) is 20.3. The zero-order valence-electron chi connectivity index (χ0n) is 26.3. The van der Waals surface area contributed by atoms with Gasteiger partial charge in [-0.3, -0.25) is 14.8 Å². The monoisotopic (exact) mass is 590 g/mol. The molecule has 5 rings (SSSR count). The summed E-state index contributed by atoms with van der Waals surface area (Å²) in [5.41, 5.74) is 3.40. The van der Waals surface area contributed by atoms with E-state index in [4.69, 9.17) is 4.98 Å². The van der Waals surface area contributed by atoms with Gasteiger partial charge in [0.25, 0.3) is 5.91 Å². The van der Waals surface area contributed by atoms with Crippen LogP contribution in [0.1, 0.15) is 59.9 Å². The van der Waals surface area contributed by atoms with Gasteiger partial charge in [-0.25, -0.2) is 14.4 Å². The molecule has 1 amide bonds. The predicted molar refractivity (Wildman–Crippen MR) is 167 cm³/mol. The standard InChI is InChI=1S/C32H43FN8O2/c1-20-16-24(28(33)29(35-20)25-18-34-39(7)21(25)2)30(42)37-31-36-26-9-8-23(17-27(26)41(31)19-32(3,4)43)22-10-12-40(13-11-22)15-14-38(5)6/h8-9,16-18,22,43H,10-15,19H2,1-7H3,(H,36,37,42). The highest BCUT2D eigenvalue weighted by molar-refractivity contribution is 6.05. The molecule has 230 valence electrons. The summed E-state index contributed by atoms with van der Waals surface area (Å²) in [7, 11) is 5.98. The zero-order chi connectivity index (χ0) is 31.1. The number of nitrogens with one attached hydrogen (secondary N) is 1. The number of hydrogen-bond donors (Lipinski definition) is 2. The molecule has 11 heteroatoms. The summed E-state index contributed by atoms with van der Waals surface area (Å²) in [5.74, 6) is -0.676. The smallest absolute Gasteiger partial charge is 0.261 e. The van der Waals surface area contributed by atoms with E-state index in [9.17, 15) is 9.90 Å². The van der Waals surface area contributed by atoms with Crippen LogP contribution in [0.5, 0.6) is 0 Å². The Labute approximate surface area is 252 Å². The van der Waals surface area contributed by atoms with Gasteiger partial charge in [-0.05, 0) is 97.4 Å². The molecule has 0 radical (unpaired) electrons. The SMILES string of the molecule is Cc1cc(C(=O)Nc2nc3ccc(C4CCN(CCN(C)C)CC4)cc3n2CC(C)(C)O)c(F)c(-c2cnn(C)c2C)n1. The molecule has 10 nitrogen and oxygen atoms in total. The van der Waals surface area contributed by atoms with E-state index in [-0.39, 0.29) is 23.8 Å². The molecule has 4 aromatic rings. The van der Waals surface area contributed by atoms with Gasteiger partial charge in [-0.2, -0.15) is 5.10 Å². The Hall–Kier alpha value is -3.67. The van der Waals surface area contributed by atoms with Gasteiger partial charge in [0.1, 0.15) is 5.69 Å². The maximum atomic E-state index is 15.8. The van der Waals surface area contributed by atoms with Crippen LogP contribution in [0.3, 0.4) is 0 Å². The second-order valence-corrected chi connectivity index (χ2v) is 12.7. The number of amides is 1. The number of halogens is 1. The van der Waals surface area contributed by atoms with Gasteiger partial charge in [0.15, 0.2) is 5.82 Å². The fourth-order valence-electron chi connectivity index (χ4n) is 5.77. The number of aliphatic hydroxyl groups is 1. The fraction of sp³-hybridized carbons (Fsp3) is 0.500. The van der Waals surface area contributed by atoms with Crippen LogP contribution < -0.4 is 5.32 Å². The molecule has 0 saturated carbocycles. The lowest BCUT2D eigenvalue weighted by Crippen LogP contribution is -2.37. The molecule has 0 aliphatic carbocycles. The molecule has 43 heavy (non-hydrogen) atoms. The molecule has 0 spiro atoms. The van der Waals surface area contributed by atoms with Crippen LogP contribution in [0, 0.1) is 19.7 Å². The Morgan fingerprint density at radius 3 is 2.51 bits per heavy atom. The van der Waals surface area contributed by atoms with Gasteiger partial charge in [-0.15, -0.1) is 0 Å². The summed E-state index contributed by atoms with van der Waals surface area (Å²) in [6, 6.07) is 7.65. The van der Waals surface area contributed by atoms with Gasteiger partial charge in [0.2, 0.25) is 5.95 Å². The van der Waals surface area contributed by atoms with E-state index in [1.54, 1.807) is 38.7 Å². The molecule has 0 unspecified atom stereocenters. The van der Waals surface area contributed by atoms with Crippen LogP contribution in [0.15, 0.2) is 30.5 Å². The number of piperidine rings is 1. The maximum absolute atomic E-state index is 15.8. The quantitative estimate of drug-likeness (QED) is 0.299. The van der Waals surface area contributed by atoms with E-state index < -0.39 is 17.3 Å². The summed E-state index contributed by atoms with van der Waals surface area (Å²) in [6.07, 6.45) is 3.69. The van der Waals surface area contributed by atoms with Crippen molar-refractivity contribution in [1.82, 2.24) is 34.1 Å². The molecular formula is C32H43FN8O2. The van der Waals surface area contributed by atoms with E-state index in [2.05, 4.69) is 51.4 Å². The van der Waals surface area contributed by atoms with Crippen LogP contribution in [0.25, 0.3) is 22.3 Å². The van der Waals surface area contributed by atoms with Gasteiger partial charge >= 0.3 is 0 Å². The average molecular weight is 591 g/mol. The molecule has 0 bridgehead atoms. The summed E-state index contributed by atoms with van der Waals surface area (Å²) in [4.78, 5) is 27.4.